The lowest BCUT2D eigenvalue weighted by Gasteiger charge is -2.29. The summed E-state index contributed by atoms with van der Waals surface area (Å²) in [6.45, 7) is 1.13. The Morgan fingerprint density at radius 3 is 1.83 bits per heavy atom. The Morgan fingerprint density at radius 2 is 1.33 bits per heavy atom. The molecule has 1 aliphatic carbocycles. The Bertz CT molecular complexity index is 1200. The summed E-state index contributed by atoms with van der Waals surface area (Å²) in [5.74, 6) is 5.51. The number of hydrogen-bond acceptors (Lipinski definition) is 7. The standard InChI is InChI=1S/C29H29N3O4/c30-16-24(17-32-31)25-26(33-18-21-10-4-1-5-11-21)29(35-20-23-14-8-3-9-15-23)27(28(29)36-25)34-19-22-12-6-2-7-13-22/h1-15,17,25-28,32H,18-20,31H2/b24-17+/t25?,26-,27?,28+,29+/m0/s1. The number of ether oxygens (including phenoxy) is 4. The highest BCUT2D eigenvalue weighted by atomic mass is 16.7. The van der Waals surface area contributed by atoms with Crippen LogP contribution in [0.2, 0.25) is 0 Å². The maximum atomic E-state index is 9.81. The summed E-state index contributed by atoms with van der Waals surface area (Å²) in [6.07, 6.45) is -0.507. The second-order valence-corrected chi connectivity index (χ2v) is 8.92. The van der Waals surface area contributed by atoms with E-state index in [1.807, 2.05) is 91.0 Å². The van der Waals surface area contributed by atoms with Gasteiger partial charge in [0.2, 0.25) is 0 Å². The highest BCUT2D eigenvalue weighted by molar-refractivity contribution is 5.38. The first-order valence-corrected chi connectivity index (χ1v) is 12.0. The van der Waals surface area contributed by atoms with Gasteiger partial charge in [-0.2, -0.15) is 5.26 Å². The van der Waals surface area contributed by atoms with Crippen molar-refractivity contribution in [2.75, 3.05) is 0 Å². The molecule has 0 spiro atoms. The van der Waals surface area contributed by atoms with Gasteiger partial charge in [-0.25, -0.2) is 0 Å². The largest absolute Gasteiger partial charge is 0.367 e. The molecule has 0 radical (unpaired) electrons. The average molecular weight is 484 g/mol. The molecular weight excluding hydrogens is 454 g/mol. The minimum absolute atomic E-state index is 0.340. The number of benzene rings is 3. The molecule has 5 atom stereocenters. The summed E-state index contributed by atoms with van der Waals surface area (Å²) < 4.78 is 25.8. The molecule has 1 aliphatic heterocycles. The van der Waals surface area contributed by atoms with Gasteiger partial charge in [0.1, 0.15) is 24.4 Å². The van der Waals surface area contributed by atoms with Crippen molar-refractivity contribution < 1.29 is 18.9 Å². The van der Waals surface area contributed by atoms with E-state index in [4.69, 9.17) is 24.8 Å². The van der Waals surface area contributed by atoms with Crippen LogP contribution in [-0.4, -0.2) is 30.0 Å². The molecule has 1 saturated carbocycles. The number of nitrogens with zero attached hydrogens (tertiary/aromatic N) is 1. The van der Waals surface area contributed by atoms with Gasteiger partial charge in [0.25, 0.3) is 0 Å². The van der Waals surface area contributed by atoms with Crippen LogP contribution < -0.4 is 11.3 Å². The van der Waals surface area contributed by atoms with E-state index < -0.39 is 17.8 Å². The number of nitrogens with one attached hydrogen (secondary N) is 1. The normalized spacial score (nSPS) is 26.7. The SMILES string of the molecule is N#C/C(=C\NN)C1O[C@@H]2C(OCc3ccccc3)[C@]2(OCc2ccccc2)[C@H]1OCc1ccccc1. The molecule has 36 heavy (non-hydrogen) atoms. The van der Waals surface area contributed by atoms with Crippen molar-refractivity contribution >= 4 is 0 Å². The fourth-order valence-electron chi connectivity index (χ4n) is 4.78. The lowest BCUT2D eigenvalue weighted by atomic mass is 10.0. The fourth-order valence-corrected chi connectivity index (χ4v) is 4.78. The number of hydrogen-bond donors (Lipinski definition) is 2. The van der Waals surface area contributed by atoms with Crippen molar-refractivity contribution in [3.63, 3.8) is 0 Å². The molecule has 0 bridgehead atoms. The fraction of sp³-hybridized carbons (Fsp3) is 0.276. The predicted octanol–water partition coefficient (Wildman–Crippen LogP) is 3.76. The second kappa shape index (κ2) is 11.0. The van der Waals surface area contributed by atoms with Crippen LogP contribution in [0.5, 0.6) is 0 Å². The molecule has 184 valence electrons. The molecule has 7 nitrogen and oxygen atoms in total. The first-order valence-electron chi connectivity index (χ1n) is 12.0. The van der Waals surface area contributed by atoms with Crippen molar-refractivity contribution in [1.29, 1.82) is 5.26 Å². The topological polar surface area (TPSA) is 98.8 Å². The van der Waals surface area contributed by atoms with E-state index in [0.717, 1.165) is 16.7 Å². The van der Waals surface area contributed by atoms with E-state index in [1.165, 1.54) is 6.20 Å². The maximum Gasteiger partial charge on any atom is 0.155 e. The molecule has 3 aromatic carbocycles. The minimum atomic E-state index is -0.866. The van der Waals surface area contributed by atoms with Crippen molar-refractivity contribution in [2.45, 2.75) is 49.8 Å². The van der Waals surface area contributed by atoms with Crippen LogP contribution in [0.3, 0.4) is 0 Å². The van der Waals surface area contributed by atoms with Gasteiger partial charge in [0.15, 0.2) is 5.60 Å². The number of hydrazine groups is 1. The molecule has 5 rings (SSSR count). The van der Waals surface area contributed by atoms with Gasteiger partial charge in [0, 0.05) is 6.20 Å². The van der Waals surface area contributed by atoms with Gasteiger partial charge in [-0.05, 0) is 16.7 Å². The molecule has 2 fully saturated rings. The summed E-state index contributed by atoms with van der Waals surface area (Å²) >= 11 is 0. The van der Waals surface area contributed by atoms with Crippen LogP contribution in [0.1, 0.15) is 16.7 Å². The minimum Gasteiger partial charge on any atom is -0.367 e. The molecule has 7 heteroatoms. The molecule has 0 aromatic heterocycles. The number of fused-ring (bicyclic) bond motifs is 1. The molecule has 2 unspecified atom stereocenters. The molecular formula is C29H29N3O4. The summed E-state index contributed by atoms with van der Waals surface area (Å²) in [5.41, 5.74) is 5.03. The Labute approximate surface area is 211 Å². The number of nitriles is 1. The monoisotopic (exact) mass is 483 g/mol. The zero-order chi connectivity index (χ0) is 24.8. The third-order valence-corrected chi connectivity index (χ3v) is 6.62. The van der Waals surface area contributed by atoms with E-state index >= 15 is 0 Å². The Kier molecular flexibility index (Phi) is 7.42. The number of nitrogens with two attached hydrogens (primary N) is 1. The van der Waals surface area contributed by atoms with Crippen LogP contribution in [0.15, 0.2) is 103 Å². The number of rotatable bonds is 11. The van der Waals surface area contributed by atoms with Crippen LogP contribution in [0.4, 0.5) is 0 Å². The van der Waals surface area contributed by atoms with Crippen molar-refractivity contribution in [1.82, 2.24) is 5.43 Å². The van der Waals surface area contributed by atoms with E-state index in [2.05, 4.69) is 11.5 Å². The van der Waals surface area contributed by atoms with Gasteiger partial charge >= 0.3 is 0 Å². The summed E-state index contributed by atoms with van der Waals surface area (Å²) in [4.78, 5) is 0. The third kappa shape index (κ3) is 4.91. The third-order valence-electron chi connectivity index (χ3n) is 6.62. The van der Waals surface area contributed by atoms with Gasteiger partial charge < -0.3 is 24.4 Å². The van der Waals surface area contributed by atoms with Crippen molar-refractivity contribution in [2.24, 2.45) is 5.84 Å². The molecule has 1 saturated heterocycles. The zero-order valence-corrected chi connectivity index (χ0v) is 19.8. The molecule has 0 amide bonds. The smallest absolute Gasteiger partial charge is 0.155 e. The summed E-state index contributed by atoms with van der Waals surface area (Å²) in [6, 6.07) is 32.0. The van der Waals surface area contributed by atoms with E-state index in [0.29, 0.717) is 25.4 Å². The van der Waals surface area contributed by atoms with Crippen LogP contribution in [0.25, 0.3) is 0 Å². The molecule has 2 aliphatic rings. The van der Waals surface area contributed by atoms with Gasteiger partial charge in [-0.3, -0.25) is 5.84 Å². The first kappa shape index (κ1) is 24.2. The zero-order valence-electron chi connectivity index (χ0n) is 19.8. The molecule has 1 heterocycles. The van der Waals surface area contributed by atoms with Crippen molar-refractivity contribution in [3.8, 4) is 6.07 Å². The maximum absolute atomic E-state index is 9.81. The van der Waals surface area contributed by atoms with Crippen molar-refractivity contribution in [3.05, 3.63) is 119 Å². The van der Waals surface area contributed by atoms with E-state index in [1.54, 1.807) is 0 Å². The Morgan fingerprint density at radius 1 is 0.833 bits per heavy atom. The second-order valence-electron chi connectivity index (χ2n) is 8.92. The summed E-state index contributed by atoms with van der Waals surface area (Å²) in [5, 5.41) is 9.81. The highest BCUT2D eigenvalue weighted by Crippen LogP contribution is 2.58. The van der Waals surface area contributed by atoms with E-state index in [9.17, 15) is 5.26 Å². The highest BCUT2D eigenvalue weighted by Gasteiger charge is 2.80. The molecule has 3 N–H and O–H groups in total. The van der Waals surface area contributed by atoms with Gasteiger partial charge in [-0.15, -0.1) is 0 Å². The molecule has 3 aromatic rings. The quantitative estimate of drug-likeness (QED) is 0.243. The Balaban J connectivity index is 1.42. The summed E-state index contributed by atoms with van der Waals surface area (Å²) in [7, 11) is 0. The van der Waals surface area contributed by atoms with E-state index in [-0.39, 0.29) is 12.2 Å². The van der Waals surface area contributed by atoms with Crippen LogP contribution in [-0.2, 0) is 38.8 Å². The van der Waals surface area contributed by atoms with Crippen LogP contribution in [0, 0.1) is 11.3 Å². The lowest BCUT2D eigenvalue weighted by molar-refractivity contribution is -0.136. The van der Waals surface area contributed by atoms with Gasteiger partial charge in [-0.1, -0.05) is 91.0 Å². The predicted molar refractivity (Wildman–Crippen MR) is 134 cm³/mol. The lowest BCUT2D eigenvalue weighted by Crippen LogP contribution is -2.44. The van der Waals surface area contributed by atoms with Crippen LogP contribution >= 0.6 is 0 Å². The first-order chi connectivity index (χ1) is 17.8. The average Bonchev–Trinajstić information content (AvgIpc) is 3.42. The van der Waals surface area contributed by atoms with Gasteiger partial charge in [0.05, 0.1) is 31.5 Å². The Hall–Kier alpha value is -3.51.